The predicted molar refractivity (Wildman–Crippen MR) is 156 cm³/mol. The van der Waals surface area contributed by atoms with Crippen LogP contribution < -0.4 is 20.6 Å². The summed E-state index contributed by atoms with van der Waals surface area (Å²) < 4.78 is 16.0. The zero-order chi connectivity index (χ0) is 30.5. The molecule has 0 fully saturated rings. The Kier molecular flexibility index (Phi) is 11.7. The van der Waals surface area contributed by atoms with Crippen molar-refractivity contribution in [3.05, 3.63) is 83.7 Å². The molecule has 4 N–H and O–H groups in total. The molecular formula is C31H36N4O7. The number of methoxy groups -OCH3 is 2. The first-order valence-electron chi connectivity index (χ1n) is 13.5. The highest BCUT2D eigenvalue weighted by molar-refractivity contribution is 5.98. The topological polar surface area (TPSA) is 153 Å². The highest BCUT2D eigenvalue weighted by Gasteiger charge is 2.27. The van der Waals surface area contributed by atoms with Gasteiger partial charge >= 0.3 is 5.97 Å². The number of nitrogens with zero attached hydrogens (tertiary/aromatic N) is 1. The van der Waals surface area contributed by atoms with Crippen LogP contribution in [0.2, 0.25) is 0 Å². The summed E-state index contributed by atoms with van der Waals surface area (Å²) >= 11 is 0. The van der Waals surface area contributed by atoms with Gasteiger partial charge in [0.25, 0.3) is 5.91 Å². The summed E-state index contributed by atoms with van der Waals surface area (Å²) in [6, 6.07) is 17.9. The molecule has 1 heterocycles. The second kappa shape index (κ2) is 15.7. The van der Waals surface area contributed by atoms with Crippen molar-refractivity contribution in [3.63, 3.8) is 0 Å². The number of benzene rings is 2. The van der Waals surface area contributed by atoms with Gasteiger partial charge in [-0.05, 0) is 62.1 Å². The van der Waals surface area contributed by atoms with Gasteiger partial charge in [0.2, 0.25) is 11.8 Å². The highest BCUT2D eigenvalue weighted by Crippen LogP contribution is 2.33. The monoisotopic (exact) mass is 576 g/mol. The number of amides is 3. The Morgan fingerprint density at radius 1 is 0.976 bits per heavy atom. The Morgan fingerprint density at radius 2 is 1.74 bits per heavy atom. The maximum Gasteiger partial charge on any atom is 0.356 e. The lowest BCUT2D eigenvalue weighted by molar-refractivity contribution is -0.145. The van der Waals surface area contributed by atoms with Gasteiger partial charge in [-0.1, -0.05) is 36.4 Å². The van der Waals surface area contributed by atoms with Crippen LogP contribution in [0, 0.1) is 0 Å². The maximum absolute atomic E-state index is 13.5. The fourth-order valence-electron chi connectivity index (χ4n) is 4.12. The number of allylic oxidation sites excluding steroid dienone is 1. The summed E-state index contributed by atoms with van der Waals surface area (Å²) in [6.07, 6.45) is 2.53. The van der Waals surface area contributed by atoms with E-state index in [-0.39, 0.29) is 37.3 Å². The van der Waals surface area contributed by atoms with E-state index in [9.17, 15) is 19.2 Å². The minimum Gasteiger partial charge on any atom is -0.497 e. The largest absolute Gasteiger partial charge is 0.497 e. The Morgan fingerprint density at radius 3 is 2.40 bits per heavy atom. The Hall–Kier alpha value is -5.06. The van der Waals surface area contributed by atoms with Crippen LogP contribution in [0.15, 0.2) is 72.4 Å². The van der Waals surface area contributed by atoms with Crippen molar-refractivity contribution in [2.45, 2.75) is 39.0 Å². The number of hydrogen-bond donors (Lipinski definition) is 3. The number of esters is 1. The van der Waals surface area contributed by atoms with Gasteiger partial charge < -0.3 is 24.9 Å². The van der Waals surface area contributed by atoms with Crippen LogP contribution in [0.5, 0.6) is 11.5 Å². The molecule has 0 aliphatic rings. The van der Waals surface area contributed by atoms with Crippen molar-refractivity contribution < 1.29 is 33.4 Å². The number of unbranched alkanes of at least 4 members (excludes halogenated alkanes) is 1. The van der Waals surface area contributed by atoms with Crippen molar-refractivity contribution in [2.24, 2.45) is 5.73 Å². The summed E-state index contributed by atoms with van der Waals surface area (Å²) in [5.74, 6) is -1.31. The molecule has 3 aromatic rings. The number of rotatable bonds is 14. The fraction of sp³-hybridized carbons (Fsp3) is 0.290. The molecule has 0 aliphatic heterocycles. The number of carbonyl (C=O) groups is 4. The number of hydrogen-bond acceptors (Lipinski definition) is 7. The summed E-state index contributed by atoms with van der Waals surface area (Å²) in [6.45, 7) is 1.69. The molecule has 0 unspecified atom stereocenters. The smallest absolute Gasteiger partial charge is 0.356 e. The molecule has 1 aromatic heterocycles. The number of ether oxygens (including phenoxy) is 3. The van der Waals surface area contributed by atoms with Crippen molar-refractivity contribution in [1.29, 1.82) is 0 Å². The lowest BCUT2D eigenvalue weighted by Gasteiger charge is -2.25. The number of aryl methyl sites for hydroxylation is 1. The zero-order valence-corrected chi connectivity index (χ0v) is 24.0. The first kappa shape index (κ1) is 31.5. The molecule has 0 bridgehead atoms. The van der Waals surface area contributed by atoms with E-state index in [1.165, 1.54) is 13.2 Å². The molecular weight excluding hydrogens is 540 g/mol. The van der Waals surface area contributed by atoms with Gasteiger partial charge in [-0.25, -0.2) is 9.80 Å². The van der Waals surface area contributed by atoms with Gasteiger partial charge in [0, 0.05) is 24.1 Å². The van der Waals surface area contributed by atoms with E-state index in [4.69, 9.17) is 19.9 Å². The van der Waals surface area contributed by atoms with E-state index in [2.05, 4.69) is 10.4 Å². The van der Waals surface area contributed by atoms with Crippen molar-refractivity contribution in [2.75, 3.05) is 20.8 Å². The summed E-state index contributed by atoms with van der Waals surface area (Å²) in [4.78, 5) is 54.1. The number of nitrogens with one attached hydrogen (secondary N) is 2. The van der Waals surface area contributed by atoms with Crippen LogP contribution in [0.4, 0.5) is 0 Å². The van der Waals surface area contributed by atoms with Crippen molar-refractivity contribution >= 4 is 23.7 Å². The summed E-state index contributed by atoms with van der Waals surface area (Å²) in [5, 5.41) is 0.917. The molecule has 2 aromatic carbocycles. The predicted octanol–water partition coefficient (Wildman–Crippen LogP) is 3.91. The zero-order valence-electron chi connectivity index (χ0n) is 24.0. The second-order valence-electron chi connectivity index (χ2n) is 9.18. The molecule has 0 radical (unpaired) electrons. The normalized spacial score (nSPS) is 11.0. The molecule has 0 saturated carbocycles. The third-order valence-electron chi connectivity index (χ3n) is 6.25. The third-order valence-corrected chi connectivity index (χ3v) is 6.25. The molecule has 3 rings (SSSR count). The van der Waals surface area contributed by atoms with E-state index < -0.39 is 23.7 Å². The average Bonchev–Trinajstić information content (AvgIpc) is 3.49. The Bertz CT molecular complexity index is 1420. The van der Waals surface area contributed by atoms with Gasteiger partial charge in [-0.3, -0.25) is 19.8 Å². The number of carbonyl (C=O) groups excluding carboxylic acids is 4. The minimum atomic E-state index is -0.793. The van der Waals surface area contributed by atoms with Crippen LogP contribution in [-0.2, 0) is 25.5 Å². The lowest BCUT2D eigenvalue weighted by Crippen LogP contribution is -2.47. The van der Waals surface area contributed by atoms with E-state index >= 15 is 0 Å². The highest BCUT2D eigenvalue weighted by atomic mass is 16.5. The quantitative estimate of drug-likeness (QED) is 0.114. The summed E-state index contributed by atoms with van der Waals surface area (Å²) in [5.41, 5.74) is 9.94. The molecule has 222 valence electrons. The summed E-state index contributed by atoms with van der Waals surface area (Å²) in [7, 11) is 3.08. The average molecular weight is 577 g/mol. The SMILES string of the molecule is CCOC(=O)C(=CCCCC(N)=O)N(NC(=O)c1ccc(-c2cc(OC)ccc2OC)[nH]1)C(=O)CCc1ccccc1. The molecule has 11 heteroatoms. The standard InChI is InChI=1S/C31H36N4O7/c1-4-42-31(39)26(12-8-9-13-28(32)36)35(29(37)19-14-21-10-6-5-7-11-21)34-30(38)25-17-16-24(33-25)23-20-22(40-2)15-18-27(23)41-3/h5-7,10-12,15-18,20,33H,4,8-9,13-14,19H2,1-3H3,(H2,32,36)(H,34,38). The van der Waals surface area contributed by atoms with E-state index in [1.807, 2.05) is 30.3 Å². The maximum atomic E-state index is 13.5. The number of hydrazine groups is 1. The second-order valence-corrected chi connectivity index (χ2v) is 9.18. The first-order valence-corrected chi connectivity index (χ1v) is 13.5. The van der Waals surface area contributed by atoms with E-state index in [0.717, 1.165) is 10.6 Å². The number of H-pyrrole nitrogens is 1. The number of primary amides is 1. The molecule has 0 saturated heterocycles. The van der Waals surface area contributed by atoms with Crippen molar-refractivity contribution in [3.8, 4) is 22.8 Å². The van der Waals surface area contributed by atoms with Crippen LogP contribution >= 0.6 is 0 Å². The van der Waals surface area contributed by atoms with Gasteiger partial charge in [0.1, 0.15) is 22.9 Å². The van der Waals surface area contributed by atoms with Gasteiger partial charge in [-0.15, -0.1) is 0 Å². The van der Waals surface area contributed by atoms with Gasteiger partial charge in [0.05, 0.1) is 20.8 Å². The molecule has 11 nitrogen and oxygen atoms in total. The molecule has 0 aliphatic carbocycles. The lowest BCUT2D eigenvalue weighted by atomic mass is 10.1. The van der Waals surface area contributed by atoms with Crippen LogP contribution in [0.3, 0.4) is 0 Å². The molecule has 0 spiro atoms. The Balaban J connectivity index is 1.91. The Labute approximate surface area is 244 Å². The van der Waals surface area contributed by atoms with Gasteiger partial charge in [-0.2, -0.15) is 0 Å². The molecule has 3 amide bonds. The first-order chi connectivity index (χ1) is 20.3. The molecule has 42 heavy (non-hydrogen) atoms. The number of aromatic nitrogens is 1. The van der Waals surface area contributed by atoms with E-state index in [1.54, 1.807) is 44.4 Å². The van der Waals surface area contributed by atoms with Crippen LogP contribution in [0.25, 0.3) is 11.3 Å². The number of nitrogens with two attached hydrogens (primary N) is 1. The molecule has 0 atom stereocenters. The van der Waals surface area contributed by atoms with E-state index in [0.29, 0.717) is 35.6 Å². The minimum absolute atomic E-state index is 0.000685. The number of aromatic amines is 1. The van der Waals surface area contributed by atoms with Crippen molar-refractivity contribution in [1.82, 2.24) is 15.4 Å². The third kappa shape index (κ3) is 8.72. The van der Waals surface area contributed by atoms with Crippen LogP contribution in [-0.4, -0.2) is 54.5 Å². The van der Waals surface area contributed by atoms with Crippen LogP contribution in [0.1, 0.15) is 48.7 Å². The fourth-order valence-corrected chi connectivity index (χ4v) is 4.12. The van der Waals surface area contributed by atoms with Gasteiger partial charge in [0.15, 0.2) is 0 Å².